The number of nitrogens with zero attached hydrogens (tertiary/aromatic N) is 2. The zero-order chi connectivity index (χ0) is 18.9. The Bertz CT molecular complexity index is 945. The minimum Gasteiger partial charge on any atom is -0.336 e. The fraction of sp³-hybridized carbons (Fsp3) is 0.235. The monoisotopic (exact) mass is 416 g/mol. The molecule has 138 valence electrons. The fourth-order valence-electron chi connectivity index (χ4n) is 2.76. The van der Waals surface area contributed by atoms with Gasteiger partial charge in [0.25, 0.3) is 5.91 Å². The number of carbonyl (C=O) groups is 1. The number of rotatable bonds is 3. The molecule has 1 saturated heterocycles. The molecule has 0 radical (unpaired) electrons. The Morgan fingerprint density at radius 2 is 1.65 bits per heavy atom. The van der Waals surface area contributed by atoms with Gasteiger partial charge in [0.2, 0.25) is 10.0 Å². The van der Waals surface area contributed by atoms with Crippen molar-refractivity contribution < 1.29 is 17.6 Å². The van der Waals surface area contributed by atoms with Crippen molar-refractivity contribution in [2.75, 3.05) is 26.2 Å². The minimum atomic E-state index is -3.94. The zero-order valence-electron chi connectivity index (χ0n) is 13.5. The van der Waals surface area contributed by atoms with Gasteiger partial charge in [-0.2, -0.15) is 4.31 Å². The molecule has 1 amide bonds. The highest BCUT2D eigenvalue weighted by molar-refractivity contribution is 7.89. The van der Waals surface area contributed by atoms with Gasteiger partial charge in [-0.1, -0.05) is 35.3 Å². The second-order valence-corrected chi connectivity index (χ2v) is 8.50. The maximum atomic E-state index is 13.8. The summed E-state index contributed by atoms with van der Waals surface area (Å²) in [5.41, 5.74) is 0.307. The molecule has 1 heterocycles. The van der Waals surface area contributed by atoms with E-state index in [0.717, 1.165) is 6.07 Å². The summed E-state index contributed by atoms with van der Waals surface area (Å²) >= 11 is 11.9. The van der Waals surface area contributed by atoms with E-state index in [2.05, 4.69) is 0 Å². The molecular weight excluding hydrogens is 402 g/mol. The van der Waals surface area contributed by atoms with Gasteiger partial charge in [0.05, 0.1) is 10.6 Å². The van der Waals surface area contributed by atoms with Gasteiger partial charge in [0, 0.05) is 31.2 Å². The lowest BCUT2D eigenvalue weighted by Crippen LogP contribution is -2.50. The summed E-state index contributed by atoms with van der Waals surface area (Å²) < 4.78 is 40.2. The van der Waals surface area contributed by atoms with E-state index < -0.39 is 15.8 Å². The third-order valence-corrected chi connectivity index (χ3v) is 6.62. The molecule has 0 aromatic heterocycles. The molecule has 2 aromatic carbocycles. The van der Waals surface area contributed by atoms with Gasteiger partial charge in [-0.3, -0.25) is 4.79 Å². The Hall–Kier alpha value is -1.67. The van der Waals surface area contributed by atoms with E-state index in [1.807, 2.05) is 0 Å². The molecule has 2 aromatic rings. The highest BCUT2D eigenvalue weighted by atomic mass is 35.5. The maximum Gasteiger partial charge on any atom is 0.255 e. The van der Waals surface area contributed by atoms with Crippen molar-refractivity contribution in [1.29, 1.82) is 0 Å². The number of benzene rings is 2. The van der Waals surface area contributed by atoms with Crippen molar-refractivity contribution in [3.05, 3.63) is 63.9 Å². The summed E-state index contributed by atoms with van der Waals surface area (Å²) in [4.78, 5) is 13.7. The molecule has 1 fully saturated rings. The Morgan fingerprint density at radius 3 is 2.27 bits per heavy atom. The first-order valence-corrected chi connectivity index (χ1v) is 9.99. The summed E-state index contributed by atoms with van der Waals surface area (Å²) in [6.07, 6.45) is 0. The lowest BCUT2D eigenvalue weighted by atomic mass is 10.2. The van der Waals surface area contributed by atoms with Gasteiger partial charge in [0.15, 0.2) is 0 Å². The predicted octanol–water partition coefficient (Wildman–Crippen LogP) is 3.28. The SMILES string of the molecule is O=C(c1ccc(Cl)cc1Cl)N1CCN(S(=O)(=O)c2ccccc2F)CC1. The molecule has 0 saturated carbocycles. The first kappa shape index (κ1) is 19.1. The van der Waals surface area contributed by atoms with E-state index in [1.54, 1.807) is 6.07 Å². The lowest BCUT2D eigenvalue weighted by Gasteiger charge is -2.34. The number of sulfonamides is 1. The van der Waals surface area contributed by atoms with Crippen LogP contribution < -0.4 is 0 Å². The van der Waals surface area contributed by atoms with Crippen LogP contribution in [0.25, 0.3) is 0 Å². The molecule has 0 bridgehead atoms. The van der Waals surface area contributed by atoms with E-state index in [1.165, 1.54) is 39.5 Å². The average Bonchev–Trinajstić information content (AvgIpc) is 2.61. The highest BCUT2D eigenvalue weighted by Crippen LogP contribution is 2.24. The van der Waals surface area contributed by atoms with Crippen molar-refractivity contribution in [3.8, 4) is 0 Å². The lowest BCUT2D eigenvalue weighted by molar-refractivity contribution is 0.0698. The van der Waals surface area contributed by atoms with E-state index in [-0.39, 0.29) is 42.0 Å². The summed E-state index contributed by atoms with van der Waals surface area (Å²) in [5.74, 6) is -1.09. The molecule has 0 atom stereocenters. The van der Waals surface area contributed by atoms with Crippen LogP contribution in [-0.4, -0.2) is 49.7 Å². The number of hydrogen-bond donors (Lipinski definition) is 0. The van der Waals surface area contributed by atoms with Gasteiger partial charge in [-0.05, 0) is 30.3 Å². The van der Waals surface area contributed by atoms with Crippen molar-refractivity contribution in [2.24, 2.45) is 0 Å². The molecule has 0 N–H and O–H groups in total. The topological polar surface area (TPSA) is 57.7 Å². The molecule has 0 spiro atoms. The van der Waals surface area contributed by atoms with Crippen molar-refractivity contribution in [2.45, 2.75) is 4.90 Å². The molecule has 5 nitrogen and oxygen atoms in total. The normalized spacial score (nSPS) is 15.9. The maximum absolute atomic E-state index is 13.8. The van der Waals surface area contributed by atoms with Gasteiger partial charge >= 0.3 is 0 Å². The predicted molar refractivity (Wildman–Crippen MR) is 97.5 cm³/mol. The summed E-state index contributed by atoms with van der Waals surface area (Å²) in [7, 11) is -3.94. The molecule has 0 unspecified atom stereocenters. The Labute approximate surface area is 161 Å². The number of carbonyl (C=O) groups excluding carboxylic acids is 1. The highest BCUT2D eigenvalue weighted by Gasteiger charge is 2.32. The second kappa shape index (κ2) is 7.52. The summed E-state index contributed by atoms with van der Waals surface area (Å²) in [6, 6.07) is 9.83. The van der Waals surface area contributed by atoms with Crippen LogP contribution in [0.4, 0.5) is 4.39 Å². The van der Waals surface area contributed by atoms with Crippen LogP contribution in [0.2, 0.25) is 10.0 Å². The molecule has 3 rings (SSSR count). The summed E-state index contributed by atoms with van der Waals surface area (Å²) in [6.45, 7) is 0.526. The molecule has 26 heavy (non-hydrogen) atoms. The third-order valence-electron chi connectivity index (χ3n) is 4.14. The van der Waals surface area contributed by atoms with Crippen molar-refractivity contribution >= 4 is 39.1 Å². The second-order valence-electron chi connectivity index (χ2n) is 5.75. The minimum absolute atomic E-state index is 0.0770. The van der Waals surface area contributed by atoms with E-state index in [0.29, 0.717) is 10.6 Å². The Kier molecular flexibility index (Phi) is 5.53. The Balaban J connectivity index is 1.73. The van der Waals surface area contributed by atoms with E-state index >= 15 is 0 Å². The van der Waals surface area contributed by atoms with Crippen molar-refractivity contribution in [3.63, 3.8) is 0 Å². The smallest absolute Gasteiger partial charge is 0.255 e. The van der Waals surface area contributed by atoms with Crippen LogP contribution in [0.15, 0.2) is 47.4 Å². The van der Waals surface area contributed by atoms with Gasteiger partial charge in [-0.15, -0.1) is 0 Å². The van der Waals surface area contributed by atoms with Crippen LogP contribution in [-0.2, 0) is 10.0 Å². The van der Waals surface area contributed by atoms with Crippen LogP contribution in [0, 0.1) is 5.82 Å². The van der Waals surface area contributed by atoms with Crippen LogP contribution >= 0.6 is 23.2 Å². The number of hydrogen-bond acceptors (Lipinski definition) is 3. The van der Waals surface area contributed by atoms with Crippen molar-refractivity contribution in [1.82, 2.24) is 9.21 Å². The standard InChI is InChI=1S/C17H15Cl2FN2O3S/c18-12-5-6-13(14(19)11-12)17(23)21-7-9-22(10-8-21)26(24,25)16-4-2-1-3-15(16)20/h1-6,11H,7-10H2. The summed E-state index contributed by atoms with van der Waals surface area (Å²) in [5, 5.41) is 0.663. The first-order valence-electron chi connectivity index (χ1n) is 7.80. The largest absolute Gasteiger partial charge is 0.336 e. The first-order chi connectivity index (χ1) is 12.3. The number of halogens is 3. The van der Waals surface area contributed by atoms with Gasteiger partial charge < -0.3 is 4.90 Å². The van der Waals surface area contributed by atoms with E-state index in [4.69, 9.17) is 23.2 Å². The molecular formula is C17H15Cl2FN2O3S. The third kappa shape index (κ3) is 3.71. The quantitative estimate of drug-likeness (QED) is 0.771. The molecule has 1 aliphatic rings. The van der Waals surface area contributed by atoms with Gasteiger partial charge in [0.1, 0.15) is 10.7 Å². The number of piperazine rings is 1. The van der Waals surface area contributed by atoms with Gasteiger partial charge in [-0.25, -0.2) is 12.8 Å². The Morgan fingerprint density at radius 1 is 1.00 bits per heavy atom. The fourth-order valence-corrected chi connectivity index (χ4v) is 4.73. The number of amides is 1. The van der Waals surface area contributed by atoms with Crippen LogP contribution in [0.5, 0.6) is 0 Å². The molecule has 1 aliphatic heterocycles. The van der Waals surface area contributed by atoms with Crippen LogP contribution in [0.3, 0.4) is 0 Å². The molecule has 0 aliphatic carbocycles. The molecule has 9 heteroatoms. The van der Waals surface area contributed by atoms with E-state index in [9.17, 15) is 17.6 Å². The zero-order valence-corrected chi connectivity index (χ0v) is 15.9. The van der Waals surface area contributed by atoms with Crippen LogP contribution in [0.1, 0.15) is 10.4 Å². The average molecular weight is 417 g/mol.